The van der Waals surface area contributed by atoms with Gasteiger partial charge < -0.3 is 10.1 Å². The zero-order chi connectivity index (χ0) is 12.8. The van der Waals surface area contributed by atoms with E-state index in [0.717, 1.165) is 23.8 Å². The molecule has 0 amide bonds. The van der Waals surface area contributed by atoms with Crippen molar-refractivity contribution in [2.24, 2.45) is 0 Å². The Bertz CT molecular complexity index is 500. The molecule has 0 aromatic carbocycles. The van der Waals surface area contributed by atoms with E-state index in [0.29, 0.717) is 12.4 Å². The Morgan fingerprint density at radius 3 is 3.11 bits per heavy atom. The minimum absolute atomic E-state index is 0.651. The summed E-state index contributed by atoms with van der Waals surface area (Å²) in [5.74, 6) is 0.692. The summed E-state index contributed by atoms with van der Waals surface area (Å²) >= 11 is 1.35. The molecule has 0 aliphatic rings. The first-order valence-corrected chi connectivity index (χ1v) is 6.63. The van der Waals surface area contributed by atoms with E-state index < -0.39 is 0 Å². The number of nitrogens with zero attached hydrogens (tertiary/aromatic N) is 3. The second-order valence-corrected chi connectivity index (χ2v) is 4.46. The SMILES string of the molecule is CCc1cccnc1-c1nsc(NCCOC)n1. The maximum absolute atomic E-state index is 4.97. The van der Waals surface area contributed by atoms with Gasteiger partial charge in [-0.2, -0.15) is 9.36 Å². The molecule has 96 valence electrons. The van der Waals surface area contributed by atoms with Crippen molar-refractivity contribution < 1.29 is 4.74 Å². The van der Waals surface area contributed by atoms with Crippen LogP contribution in [0.15, 0.2) is 18.3 Å². The van der Waals surface area contributed by atoms with E-state index in [4.69, 9.17) is 4.74 Å². The number of nitrogens with one attached hydrogen (secondary N) is 1. The van der Waals surface area contributed by atoms with Gasteiger partial charge in [-0.15, -0.1) is 0 Å². The summed E-state index contributed by atoms with van der Waals surface area (Å²) in [5.41, 5.74) is 2.04. The van der Waals surface area contributed by atoms with Crippen LogP contribution in [0.3, 0.4) is 0 Å². The lowest BCUT2D eigenvalue weighted by Gasteiger charge is -2.02. The van der Waals surface area contributed by atoms with Gasteiger partial charge in [-0.3, -0.25) is 4.98 Å². The van der Waals surface area contributed by atoms with Gasteiger partial charge in [-0.25, -0.2) is 0 Å². The van der Waals surface area contributed by atoms with E-state index in [-0.39, 0.29) is 0 Å². The summed E-state index contributed by atoms with van der Waals surface area (Å²) in [6.45, 7) is 3.48. The van der Waals surface area contributed by atoms with Gasteiger partial charge >= 0.3 is 0 Å². The van der Waals surface area contributed by atoms with E-state index in [1.807, 2.05) is 6.07 Å². The van der Waals surface area contributed by atoms with Crippen LogP contribution in [0, 0.1) is 0 Å². The molecule has 0 unspecified atom stereocenters. The van der Waals surface area contributed by atoms with Crippen LogP contribution in [-0.2, 0) is 11.2 Å². The van der Waals surface area contributed by atoms with Crippen LogP contribution in [-0.4, -0.2) is 34.6 Å². The van der Waals surface area contributed by atoms with Crippen LogP contribution in [0.5, 0.6) is 0 Å². The zero-order valence-electron chi connectivity index (χ0n) is 10.5. The van der Waals surface area contributed by atoms with Crippen LogP contribution >= 0.6 is 11.5 Å². The highest BCUT2D eigenvalue weighted by Crippen LogP contribution is 2.22. The summed E-state index contributed by atoms with van der Waals surface area (Å²) < 4.78 is 9.31. The smallest absolute Gasteiger partial charge is 0.203 e. The fraction of sp³-hybridized carbons (Fsp3) is 0.417. The molecule has 2 heterocycles. The Morgan fingerprint density at radius 1 is 1.44 bits per heavy atom. The third-order valence-corrected chi connectivity index (χ3v) is 3.17. The average Bonchev–Trinajstić information content (AvgIpc) is 2.88. The van der Waals surface area contributed by atoms with Crippen molar-refractivity contribution in [3.63, 3.8) is 0 Å². The van der Waals surface area contributed by atoms with Crippen molar-refractivity contribution in [1.29, 1.82) is 0 Å². The number of rotatable bonds is 6. The number of anilines is 1. The molecule has 0 saturated carbocycles. The lowest BCUT2D eigenvalue weighted by Crippen LogP contribution is -2.07. The summed E-state index contributed by atoms with van der Waals surface area (Å²) in [6.07, 6.45) is 2.70. The molecule has 2 aromatic rings. The van der Waals surface area contributed by atoms with E-state index in [2.05, 4.69) is 32.6 Å². The normalized spacial score (nSPS) is 10.6. The molecular weight excluding hydrogens is 248 g/mol. The minimum Gasteiger partial charge on any atom is -0.383 e. The number of hydrogen-bond acceptors (Lipinski definition) is 6. The van der Waals surface area contributed by atoms with E-state index in [1.165, 1.54) is 17.1 Å². The molecule has 1 N–H and O–H groups in total. The third-order valence-electron chi connectivity index (χ3n) is 2.49. The standard InChI is InChI=1S/C12H16N4OS/c1-3-9-5-4-6-13-10(9)11-15-12(18-16-11)14-7-8-17-2/h4-6H,3,7-8H2,1-2H3,(H,14,15,16). The Morgan fingerprint density at radius 2 is 2.33 bits per heavy atom. The number of hydrogen-bond donors (Lipinski definition) is 1. The van der Waals surface area contributed by atoms with Gasteiger partial charge in [0.2, 0.25) is 5.13 Å². The van der Waals surface area contributed by atoms with Crippen LogP contribution in [0.25, 0.3) is 11.5 Å². The molecule has 2 aromatic heterocycles. The molecule has 0 spiro atoms. The Kier molecular flexibility index (Phi) is 4.60. The van der Waals surface area contributed by atoms with Crippen molar-refractivity contribution in [3.05, 3.63) is 23.9 Å². The first-order valence-electron chi connectivity index (χ1n) is 5.86. The largest absolute Gasteiger partial charge is 0.383 e. The highest BCUT2D eigenvalue weighted by atomic mass is 32.1. The number of pyridine rings is 1. The van der Waals surface area contributed by atoms with Gasteiger partial charge in [-0.05, 0) is 18.1 Å². The Balaban J connectivity index is 2.13. The topological polar surface area (TPSA) is 59.9 Å². The monoisotopic (exact) mass is 264 g/mol. The predicted molar refractivity (Wildman–Crippen MR) is 72.9 cm³/mol. The summed E-state index contributed by atoms with van der Waals surface area (Å²) in [6, 6.07) is 3.99. The first kappa shape index (κ1) is 12.9. The van der Waals surface area contributed by atoms with Crippen molar-refractivity contribution in [2.75, 3.05) is 25.6 Å². The lowest BCUT2D eigenvalue weighted by atomic mass is 10.1. The second kappa shape index (κ2) is 6.42. The quantitative estimate of drug-likeness (QED) is 0.811. The zero-order valence-corrected chi connectivity index (χ0v) is 11.3. The number of methoxy groups -OCH3 is 1. The van der Waals surface area contributed by atoms with Gasteiger partial charge in [0.05, 0.1) is 6.61 Å². The summed E-state index contributed by atoms with van der Waals surface area (Å²) in [5, 5.41) is 3.97. The average molecular weight is 264 g/mol. The third kappa shape index (κ3) is 3.02. The van der Waals surface area contributed by atoms with Crippen LogP contribution < -0.4 is 5.32 Å². The highest BCUT2D eigenvalue weighted by Gasteiger charge is 2.10. The number of ether oxygens (including phenoxy) is 1. The molecule has 0 saturated heterocycles. The van der Waals surface area contributed by atoms with Gasteiger partial charge in [0, 0.05) is 31.4 Å². The fourth-order valence-corrected chi connectivity index (χ4v) is 2.17. The predicted octanol–water partition coefficient (Wildman–Crippen LogP) is 2.22. The first-order chi connectivity index (χ1) is 8.85. The van der Waals surface area contributed by atoms with Crippen LogP contribution in [0.2, 0.25) is 0 Å². The lowest BCUT2D eigenvalue weighted by molar-refractivity contribution is 0.211. The second-order valence-electron chi connectivity index (χ2n) is 3.71. The maximum Gasteiger partial charge on any atom is 0.203 e. The molecule has 0 aliphatic heterocycles. The minimum atomic E-state index is 0.651. The van der Waals surface area contributed by atoms with Gasteiger partial charge in [0.25, 0.3) is 0 Å². The summed E-state index contributed by atoms with van der Waals surface area (Å²) in [4.78, 5) is 8.80. The molecule has 0 aliphatic carbocycles. The maximum atomic E-state index is 4.97. The molecule has 2 rings (SSSR count). The number of aryl methyl sites for hydroxylation is 1. The molecule has 6 heteroatoms. The fourth-order valence-electron chi connectivity index (χ4n) is 1.58. The number of aromatic nitrogens is 3. The van der Waals surface area contributed by atoms with Gasteiger partial charge in [0.15, 0.2) is 5.82 Å². The molecule has 5 nitrogen and oxygen atoms in total. The molecule has 18 heavy (non-hydrogen) atoms. The van der Waals surface area contributed by atoms with Crippen molar-refractivity contribution in [3.8, 4) is 11.5 Å². The molecule has 0 bridgehead atoms. The van der Waals surface area contributed by atoms with Crippen molar-refractivity contribution >= 4 is 16.7 Å². The highest BCUT2D eigenvalue weighted by molar-refractivity contribution is 7.09. The van der Waals surface area contributed by atoms with Crippen LogP contribution in [0.1, 0.15) is 12.5 Å². The molecule has 0 fully saturated rings. The van der Waals surface area contributed by atoms with Crippen molar-refractivity contribution in [2.45, 2.75) is 13.3 Å². The van der Waals surface area contributed by atoms with E-state index >= 15 is 0 Å². The molecule has 0 radical (unpaired) electrons. The van der Waals surface area contributed by atoms with Gasteiger partial charge in [-0.1, -0.05) is 13.0 Å². The van der Waals surface area contributed by atoms with Crippen molar-refractivity contribution in [1.82, 2.24) is 14.3 Å². The molecule has 0 atom stereocenters. The van der Waals surface area contributed by atoms with Gasteiger partial charge in [0.1, 0.15) is 5.69 Å². The van der Waals surface area contributed by atoms with Crippen LogP contribution in [0.4, 0.5) is 5.13 Å². The Labute approximate surface area is 110 Å². The van der Waals surface area contributed by atoms with E-state index in [1.54, 1.807) is 13.3 Å². The summed E-state index contributed by atoms with van der Waals surface area (Å²) in [7, 11) is 1.68. The Hall–Kier alpha value is -1.53. The van der Waals surface area contributed by atoms with E-state index in [9.17, 15) is 0 Å². The molecular formula is C12H16N4OS.